The highest BCUT2D eigenvalue weighted by Gasteiger charge is 2.07. The van der Waals surface area contributed by atoms with Gasteiger partial charge in [-0.2, -0.15) is 4.37 Å². The van der Waals surface area contributed by atoms with E-state index in [2.05, 4.69) is 25.3 Å². The summed E-state index contributed by atoms with van der Waals surface area (Å²) in [6.45, 7) is 0. The maximum atomic E-state index is 4.99. The lowest BCUT2D eigenvalue weighted by Crippen LogP contribution is -1.78. The molecule has 68 valence electrons. The Bertz CT molecular complexity index is 412. The molecule has 0 N–H and O–H groups in total. The van der Waals surface area contributed by atoms with Gasteiger partial charge in [-0.05, 0) is 27.5 Å². The number of ether oxygens (including phenoxy) is 1. The third kappa shape index (κ3) is 1.90. The van der Waals surface area contributed by atoms with Crippen molar-refractivity contribution >= 4 is 38.8 Å². The quantitative estimate of drug-likeness (QED) is 0.846. The van der Waals surface area contributed by atoms with Crippen LogP contribution in [0.5, 0.6) is 5.88 Å². The van der Waals surface area contributed by atoms with Crippen LogP contribution in [0.15, 0.2) is 16.0 Å². The first-order valence-corrected chi connectivity index (χ1v) is 5.86. The van der Waals surface area contributed by atoms with E-state index in [0.717, 1.165) is 14.5 Å². The van der Waals surface area contributed by atoms with E-state index in [9.17, 15) is 0 Å². The molecule has 0 unspecified atom stereocenters. The smallest absolute Gasteiger partial charge is 0.225 e. The zero-order valence-corrected chi connectivity index (χ0v) is 9.87. The molecule has 2 aromatic heterocycles. The van der Waals surface area contributed by atoms with Crippen LogP contribution >= 0.6 is 38.8 Å². The number of rotatable bonds is 2. The Morgan fingerprint density at radius 2 is 2.38 bits per heavy atom. The molecule has 0 amide bonds. The molecule has 13 heavy (non-hydrogen) atoms. The number of aromatic nitrogens is 2. The average Bonchev–Trinajstić information content (AvgIpc) is 2.71. The minimum atomic E-state index is 0.645. The van der Waals surface area contributed by atoms with E-state index in [1.165, 1.54) is 11.5 Å². The maximum Gasteiger partial charge on any atom is 0.225 e. The Kier molecular flexibility index (Phi) is 2.61. The Morgan fingerprint density at radius 3 is 2.92 bits per heavy atom. The van der Waals surface area contributed by atoms with Crippen molar-refractivity contribution in [1.82, 2.24) is 9.36 Å². The van der Waals surface area contributed by atoms with E-state index in [-0.39, 0.29) is 0 Å². The number of methoxy groups -OCH3 is 1. The Hall–Kier alpha value is -0.460. The van der Waals surface area contributed by atoms with Crippen molar-refractivity contribution in [2.45, 2.75) is 0 Å². The molecule has 0 radical (unpaired) electrons. The van der Waals surface area contributed by atoms with Gasteiger partial charge in [0.1, 0.15) is 9.61 Å². The van der Waals surface area contributed by atoms with Crippen LogP contribution in [0.25, 0.3) is 9.88 Å². The van der Waals surface area contributed by atoms with E-state index in [1.54, 1.807) is 18.4 Å². The summed E-state index contributed by atoms with van der Waals surface area (Å²) < 4.78 is 9.94. The van der Waals surface area contributed by atoms with Crippen LogP contribution in [0.3, 0.4) is 0 Å². The van der Waals surface area contributed by atoms with E-state index in [0.29, 0.717) is 5.88 Å². The summed E-state index contributed by atoms with van der Waals surface area (Å²) in [5, 5.41) is 2.91. The molecule has 0 bridgehead atoms. The number of hydrogen-bond donors (Lipinski definition) is 0. The minimum Gasteiger partial charge on any atom is -0.480 e. The third-order valence-corrected chi connectivity index (χ3v) is 3.88. The lowest BCUT2D eigenvalue weighted by Gasteiger charge is -1.86. The molecule has 0 saturated carbocycles. The van der Waals surface area contributed by atoms with E-state index >= 15 is 0 Å². The van der Waals surface area contributed by atoms with Crippen molar-refractivity contribution in [2.75, 3.05) is 7.11 Å². The van der Waals surface area contributed by atoms with Crippen molar-refractivity contribution in [3.05, 3.63) is 16.0 Å². The van der Waals surface area contributed by atoms with Crippen LogP contribution < -0.4 is 4.74 Å². The Morgan fingerprint density at radius 1 is 1.54 bits per heavy atom. The fourth-order valence-corrected chi connectivity index (χ4v) is 2.84. The summed E-state index contributed by atoms with van der Waals surface area (Å²) in [5.41, 5.74) is 0. The first-order chi connectivity index (χ1) is 6.29. The first kappa shape index (κ1) is 9.11. The predicted molar refractivity (Wildman–Crippen MR) is 57.5 cm³/mol. The van der Waals surface area contributed by atoms with Gasteiger partial charge in [0.15, 0.2) is 0 Å². The number of thiazole rings is 1. The normalized spacial score (nSPS) is 10.3. The summed E-state index contributed by atoms with van der Waals surface area (Å²) in [6, 6.07) is 1.88. The Labute approximate surface area is 91.7 Å². The van der Waals surface area contributed by atoms with Crippen molar-refractivity contribution in [3.8, 4) is 15.8 Å². The fraction of sp³-hybridized carbons (Fsp3) is 0.143. The molecule has 0 aliphatic rings. The van der Waals surface area contributed by atoms with E-state index < -0.39 is 0 Å². The van der Waals surface area contributed by atoms with Gasteiger partial charge in [-0.15, -0.1) is 11.3 Å². The monoisotopic (exact) mass is 276 g/mol. The van der Waals surface area contributed by atoms with Gasteiger partial charge in [0.2, 0.25) is 5.88 Å². The molecule has 0 aliphatic carbocycles. The molecule has 2 rings (SSSR count). The highest BCUT2D eigenvalue weighted by Crippen LogP contribution is 2.31. The van der Waals surface area contributed by atoms with E-state index in [4.69, 9.17) is 4.74 Å². The van der Waals surface area contributed by atoms with Crippen LogP contribution in [-0.4, -0.2) is 16.5 Å². The van der Waals surface area contributed by atoms with Gasteiger partial charge in [0.05, 0.1) is 12.0 Å². The average molecular weight is 277 g/mol. The largest absolute Gasteiger partial charge is 0.480 e. The van der Waals surface area contributed by atoms with Gasteiger partial charge in [-0.3, -0.25) is 0 Å². The van der Waals surface area contributed by atoms with Gasteiger partial charge in [-0.1, -0.05) is 0 Å². The number of halogens is 1. The number of hydrogen-bond acceptors (Lipinski definition) is 5. The number of nitrogens with zero attached hydrogens (tertiary/aromatic N) is 2. The van der Waals surface area contributed by atoms with Crippen molar-refractivity contribution < 1.29 is 4.74 Å². The van der Waals surface area contributed by atoms with Gasteiger partial charge in [0.25, 0.3) is 0 Å². The van der Waals surface area contributed by atoms with Crippen molar-refractivity contribution in [3.63, 3.8) is 0 Å². The third-order valence-electron chi connectivity index (χ3n) is 1.38. The molecule has 2 heterocycles. The summed E-state index contributed by atoms with van der Waals surface area (Å²) in [7, 11) is 1.61. The second-order valence-electron chi connectivity index (χ2n) is 2.21. The molecule has 0 aliphatic heterocycles. The topological polar surface area (TPSA) is 35.0 Å². The predicted octanol–water partition coefficient (Wildman–Crippen LogP) is 3.04. The standard InChI is InChI=1S/C7H5BrN2OS2/c1-11-6-2-4(13-10-6)7-9-5(8)3-12-7/h2-3H,1H3. The lowest BCUT2D eigenvalue weighted by molar-refractivity contribution is 0.403. The zero-order valence-electron chi connectivity index (χ0n) is 6.65. The van der Waals surface area contributed by atoms with Gasteiger partial charge in [0, 0.05) is 11.4 Å². The van der Waals surface area contributed by atoms with Crippen molar-refractivity contribution in [1.29, 1.82) is 0 Å². The van der Waals surface area contributed by atoms with Crippen LogP contribution in [0.2, 0.25) is 0 Å². The highest BCUT2D eigenvalue weighted by molar-refractivity contribution is 9.10. The van der Waals surface area contributed by atoms with Gasteiger partial charge >= 0.3 is 0 Å². The molecular weight excluding hydrogens is 272 g/mol. The summed E-state index contributed by atoms with van der Waals surface area (Å²) >= 11 is 6.28. The zero-order chi connectivity index (χ0) is 9.26. The second-order valence-corrected chi connectivity index (χ2v) is 4.68. The summed E-state index contributed by atoms with van der Waals surface area (Å²) in [5.74, 6) is 0.645. The molecule has 0 aromatic carbocycles. The Balaban J connectivity index is 2.35. The molecule has 0 atom stereocenters. The SMILES string of the molecule is COc1cc(-c2nc(Br)cs2)sn1. The van der Waals surface area contributed by atoms with Crippen LogP contribution in [-0.2, 0) is 0 Å². The minimum absolute atomic E-state index is 0.645. The van der Waals surface area contributed by atoms with Crippen molar-refractivity contribution in [2.24, 2.45) is 0 Å². The van der Waals surface area contributed by atoms with E-state index in [1.807, 2.05) is 11.4 Å². The molecular formula is C7H5BrN2OS2. The molecule has 0 saturated heterocycles. The van der Waals surface area contributed by atoms with Crippen LogP contribution in [0.1, 0.15) is 0 Å². The van der Waals surface area contributed by atoms with Gasteiger partial charge < -0.3 is 4.74 Å². The molecule has 6 heteroatoms. The van der Waals surface area contributed by atoms with Gasteiger partial charge in [-0.25, -0.2) is 4.98 Å². The molecule has 2 aromatic rings. The molecule has 3 nitrogen and oxygen atoms in total. The molecule has 0 fully saturated rings. The highest BCUT2D eigenvalue weighted by atomic mass is 79.9. The summed E-state index contributed by atoms with van der Waals surface area (Å²) in [4.78, 5) is 5.31. The second kappa shape index (κ2) is 3.73. The lowest BCUT2D eigenvalue weighted by atomic mass is 10.5. The first-order valence-electron chi connectivity index (χ1n) is 3.41. The fourth-order valence-electron chi connectivity index (χ4n) is 0.823. The van der Waals surface area contributed by atoms with Crippen LogP contribution in [0, 0.1) is 0 Å². The molecule has 0 spiro atoms. The summed E-state index contributed by atoms with van der Waals surface area (Å²) in [6.07, 6.45) is 0. The maximum absolute atomic E-state index is 4.99. The van der Waals surface area contributed by atoms with Crippen LogP contribution in [0.4, 0.5) is 0 Å².